The molecule has 0 spiro atoms. The standard InChI is InChI=1S/C9H22N4S/c1-5-6-11-9(12-10)13(3)8(2)7-14-4/h8H,5-7,10H2,1-4H3,(H,11,12). The quantitative estimate of drug-likeness (QED) is 0.311. The number of thioether (sulfide) groups is 1. The Morgan fingerprint density at radius 1 is 1.64 bits per heavy atom. The molecule has 1 unspecified atom stereocenters. The maximum absolute atomic E-state index is 5.42. The molecule has 0 aromatic heterocycles. The normalized spacial score (nSPS) is 13.9. The van der Waals surface area contributed by atoms with E-state index in [9.17, 15) is 0 Å². The van der Waals surface area contributed by atoms with E-state index >= 15 is 0 Å². The van der Waals surface area contributed by atoms with Gasteiger partial charge in [-0.2, -0.15) is 11.8 Å². The molecule has 0 aliphatic heterocycles. The lowest BCUT2D eigenvalue weighted by Crippen LogP contribution is -2.47. The summed E-state index contributed by atoms with van der Waals surface area (Å²) in [6.07, 6.45) is 3.14. The van der Waals surface area contributed by atoms with Crippen LogP contribution in [-0.2, 0) is 0 Å². The third-order valence-corrected chi connectivity index (χ3v) is 2.83. The number of guanidine groups is 1. The van der Waals surface area contributed by atoms with Crippen molar-refractivity contribution >= 4 is 17.7 Å². The minimum Gasteiger partial charge on any atom is -0.341 e. The van der Waals surface area contributed by atoms with Crippen molar-refractivity contribution in [3.05, 3.63) is 0 Å². The van der Waals surface area contributed by atoms with Crippen LogP contribution in [0.25, 0.3) is 0 Å². The third kappa shape index (κ3) is 4.72. The monoisotopic (exact) mass is 218 g/mol. The van der Waals surface area contributed by atoms with E-state index in [4.69, 9.17) is 5.84 Å². The van der Waals surface area contributed by atoms with E-state index in [1.54, 1.807) is 0 Å². The Hall–Kier alpha value is -0.420. The summed E-state index contributed by atoms with van der Waals surface area (Å²) in [4.78, 5) is 6.44. The summed E-state index contributed by atoms with van der Waals surface area (Å²) in [6.45, 7) is 5.08. The van der Waals surface area contributed by atoms with Crippen LogP contribution in [0.15, 0.2) is 4.99 Å². The van der Waals surface area contributed by atoms with Gasteiger partial charge in [-0.1, -0.05) is 6.92 Å². The zero-order chi connectivity index (χ0) is 11.0. The highest BCUT2D eigenvalue weighted by Gasteiger charge is 2.11. The van der Waals surface area contributed by atoms with Gasteiger partial charge in [-0.25, -0.2) is 5.84 Å². The van der Waals surface area contributed by atoms with Gasteiger partial charge < -0.3 is 4.90 Å². The highest BCUT2D eigenvalue weighted by atomic mass is 32.2. The van der Waals surface area contributed by atoms with Crippen LogP contribution in [-0.4, -0.2) is 42.5 Å². The van der Waals surface area contributed by atoms with E-state index in [1.807, 2.05) is 18.8 Å². The van der Waals surface area contributed by atoms with Gasteiger partial charge in [0.25, 0.3) is 0 Å². The van der Waals surface area contributed by atoms with Gasteiger partial charge in [0.15, 0.2) is 0 Å². The molecule has 0 amide bonds. The maximum atomic E-state index is 5.42. The van der Waals surface area contributed by atoms with E-state index in [-0.39, 0.29) is 0 Å². The van der Waals surface area contributed by atoms with Crippen LogP contribution in [0.3, 0.4) is 0 Å². The van der Waals surface area contributed by atoms with Crippen molar-refractivity contribution in [2.75, 3.05) is 25.6 Å². The van der Waals surface area contributed by atoms with E-state index < -0.39 is 0 Å². The highest BCUT2D eigenvalue weighted by molar-refractivity contribution is 7.98. The Kier molecular flexibility index (Phi) is 7.70. The Bertz CT molecular complexity index is 172. The lowest BCUT2D eigenvalue weighted by molar-refractivity contribution is 0.406. The summed E-state index contributed by atoms with van der Waals surface area (Å²) < 4.78 is 0. The van der Waals surface area contributed by atoms with E-state index in [0.29, 0.717) is 6.04 Å². The van der Waals surface area contributed by atoms with Crippen molar-refractivity contribution in [1.82, 2.24) is 10.3 Å². The Morgan fingerprint density at radius 3 is 2.71 bits per heavy atom. The first-order chi connectivity index (χ1) is 6.67. The largest absolute Gasteiger partial charge is 0.341 e. The Balaban J connectivity index is 4.21. The SMILES string of the molecule is CCCN=C(NN)N(C)C(C)CSC. The van der Waals surface area contributed by atoms with E-state index in [2.05, 4.69) is 35.4 Å². The molecule has 0 aliphatic carbocycles. The van der Waals surface area contributed by atoms with Crippen LogP contribution < -0.4 is 11.3 Å². The fourth-order valence-corrected chi connectivity index (χ4v) is 1.74. The highest BCUT2D eigenvalue weighted by Crippen LogP contribution is 2.03. The van der Waals surface area contributed by atoms with Crippen molar-refractivity contribution in [2.45, 2.75) is 26.3 Å². The number of nitrogens with zero attached hydrogens (tertiary/aromatic N) is 2. The predicted molar refractivity (Wildman–Crippen MR) is 65.5 cm³/mol. The van der Waals surface area contributed by atoms with Crippen molar-refractivity contribution in [3.8, 4) is 0 Å². The molecule has 0 fully saturated rings. The minimum absolute atomic E-state index is 0.441. The van der Waals surface area contributed by atoms with Gasteiger partial charge in [-0.15, -0.1) is 0 Å². The Morgan fingerprint density at radius 2 is 2.29 bits per heavy atom. The lowest BCUT2D eigenvalue weighted by Gasteiger charge is -2.26. The number of aliphatic imine (C=N–C) groups is 1. The summed E-state index contributed by atoms with van der Waals surface area (Å²) in [5.74, 6) is 7.26. The predicted octanol–water partition coefficient (Wildman–Crippen LogP) is 0.899. The number of hydrogen-bond donors (Lipinski definition) is 2. The average molecular weight is 218 g/mol. The van der Waals surface area contributed by atoms with E-state index in [1.165, 1.54) is 0 Å². The summed E-state index contributed by atoms with van der Waals surface area (Å²) in [5.41, 5.74) is 2.64. The molecule has 0 bridgehead atoms. The number of rotatable bonds is 5. The maximum Gasteiger partial charge on any atom is 0.208 e. The summed E-state index contributed by atoms with van der Waals surface area (Å²) >= 11 is 1.82. The second-order valence-corrected chi connectivity index (χ2v) is 4.18. The molecule has 0 saturated heterocycles. The Labute approximate surface area is 91.3 Å². The van der Waals surface area contributed by atoms with Crippen molar-refractivity contribution in [1.29, 1.82) is 0 Å². The second-order valence-electron chi connectivity index (χ2n) is 3.26. The van der Waals surface area contributed by atoms with Crippen LogP contribution in [0.2, 0.25) is 0 Å². The first kappa shape index (κ1) is 13.6. The molecule has 4 nitrogen and oxygen atoms in total. The second kappa shape index (κ2) is 7.94. The molecule has 0 rings (SSSR count). The number of nitrogens with one attached hydrogen (secondary N) is 1. The molecular formula is C9H22N4S. The van der Waals surface area contributed by atoms with Gasteiger partial charge >= 0.3 is 0 Å². The molecule has 3 N–H and O–H groups in total. The smallest absolute Gasteiger partial charge is 0.208 e. The van der Waals surface area contributed by atoms with Crippen LogP contribution in [0.5, 0.6) is 0 Å². The fraction of sp³-hybridized carbons (Fsp3) is 0.889. The minimum atomic E-state index is 0.441. The topological polar surface area (TPSA) is 53.6 Å². The fourth-order valence-electron chi connectivity index (χ4n) is 1.04. The van der Waals surface area contributed by atoms with Gasteiger partial charge in [0.2, 0.25) is 5.96 Å². The van der Waals surface area contributed by atoms with Gasteiger partial charge in [0.1, 0.15) is 0 Å². The molecule has 0 aliphatic rings. The molecule has 0 aromatic carbocycles. The molecule has 0 heterocycles. The average Bonchev–Trinajstić information content (AvgIpc) is 2.19. The van der Waals surface area contributed by atoms with Crippen LogP contribution in [0.1, 0.15) is 20.3 Å². The number of nitrogens with two attached hydrogens (primary N) is 1. The molecule has 5 heteroatoms. The van der Waals surface area contributed by atoms with Crippen LogP contribution >= 0.6 is 11.8 Å². The van der Waals surface area contributed by atoms with Crippen molar-refractivity contribution < 1.29 is 0 Å². The van der Waals surface area contributed by atoms with Gasteiger partial charge in [-0.3, -0.25) is 10.4 Å². The summed E-state index contributed by atoms with van der Waals surface area (Å²) in [7, 11) is 2.01. The molecule has 0 aromatic rings. The van der Waals surface area contributed by atoms with Gasteiger partial charge in [-0.05, 0) is 19.6 Å². The van der Waals surface area contributed by atoms with Gasteiger partial charge in [0, 0.05) is 25.4 Å². The molecule has 1 atom stereocenters. The molecule has 0 saturated carbocycles. The van der Waals surface area contributed by atoms with Crippen LogP contribution in [0, 0.1) is 0 Å². The zero-order valence-corrected chi connectivity index (χ0v) is 10.4. The number of hydrogen-bond acceptors (Lipinski definition) is 3. The first-order valence-corrected chi connectivity index (χ1v) is 6.29. The van der Waals surface area contributed by atoms with Crippen molar-refractivity contribution in [3.63, 3.8) is 0 Å². The molecule has 0 radical (unpaired) electrons. The lowest BCUT2D eigenvalue weighted by atomic mass is 10.3. The molecule has 14 heavy (non-hydrogen) atoms. The van der Waals surface area contributed by atoms with Crippen LogP contribution in [0.4, 0.5) is 0 Å². The molecular weight excluding hydrogens is 196 g/mol. The zero-order valence-electron chi connectivity index (χ0n) is 9.58. The van der Waals surface area contributed by atoms with Crippen molar-refractivity contribution in [2.24, 2.45) is 10.8 Å². The third-order valence-electron chi connectivity index (χ3n) is 2.02. The first-order valence-electron chi connectivity index (χ1n) is 4.90. The van der Waals surface area contributed by atoms with Gasteiger partial charge in [0.05, 0.1) is 0 Å². The number of hydrazine groups is 1. The molecule has 84 valence electrons. The summed E-state index contributed by atoms with van der Waals surface area (Å²) in [5, 5.41) is 0. The summed E-state index contributed by atoms with van der Waals surface area (Å²) in [6, 6.07) is 0.441. The van der Waals surface area contributed by atoms with E-state index in [0.717, 1.165) is 24.7 Å².